The topological polar surface area (TPSA) is 23.6 Å². The van der Waals surface area contributed by atoms with Crippen LogP contribution in [0.3, 0.4) is 0 Å². The van der Waals surface area contributed by atoms with Crippen molar-refractivity contribution in [2.45, 2.75) is 25.8 Å². The highest BCUT2D eigenvalue weighted by molar-refractivity contribution is 7.07. The molecule has 3 nitrogen and oxygen atoms in total. The summed E-state index contributed by atoms with van der Waals surface area (Å²) in [7, 11) is 0. The van der Waals surface area contributed by atoms with Crippen molar-refractivity contribution in [1.82, 2.24) is 9.80 Å². The largest absolute Gasteiger partial charge is 0.343 e. The van der Waals surface area contributed by atoms with Gasteiger partial charge in [-0.05, 0) is 53.0 Å². The van der Waals surface area contributed by atoms with E-state index in [1.807, 2.05) is 0 Å². The lowest BCUT2D eigenvalue weighted by atomic mass is 10.1. The average molecular weight is 290 g/mol. The lowest BCUT2D eigenvalue weighted by Gasteiger charge is -2.20. The molecule has 0 aromatic carbocycles. The second-order valence-electron chi connectivity index (χ2n) is 6.61. The van der Waals surface area contributed by atoms with E-state index < -0.39 is 0 Å². The molecule has 108 valence electrons. The number of carbonyl (C=O) groups excluding carboxylic acids is 1. The number of thiophene rings is 1. The number of carbonyl (C=O) groups is 1. The summed E-state index contributed by atoms with van der Waals surface area (Å²) in [6.07, 6.45) is 3.23. The Bertz CT molecular complexity index is 469. The Morgan fingerprint density at radius 3 is 2.65 bits per heavy atom. The number of likely N-dealkylation sites (tertiary alicyclic amines) is 2. The molecular formula is C16H22N2OS. The van der Waals surface area contributed by atoms with Crippen LogP contribution < -0.4 is 0 Å². The smallest absolute Gasteiger partial charge is 0.222 e. The van der Waals surface area contributed by atoms with Crippen molar-refractivity contribution >= 4 is 17.2 Å². The number of nitrogens with zero attached hydrogens (tertiary/aromatic N) is 2. The van der Waals surface area contributed by atoms with Gasteiger partial charge in [0.25, 0.3) is 0 Å². The van der Waals surface area contributed by atoms with Crippen LogP contribution >= 0.6 is 11.3 Å². The molecule has 0 spiro atoms. The van der Waals surface area contributed by atoms with Crippen molar-refractivity contribution in [2.24, 2.45) is 17.8 Å². The molecule has 0 bridgehead atoms. The number of fused-ring (bicyclic) bond motifs is 1. The summed E-state index contributed by atoms with van der Waals surface area (Å²) in [5.74, 6) is 2.73. The molecule has 3 aliphatic rings. The first-order valence-corrected chi connectivity index (χ1v) is 8.77. The monoisotopic (exact) mass is 290 g/mol. The third-order valence-electron chi connectivity index (χ3n) is 5.30. The summed E-state index contributed by atoms with van der Waals surface area (Å²) in [6, 6.07) is 2.23. The zero-order chi connectivity index (χ0) is 13.5. The van der Waals surface area contributed by atoms with E-state index in [-0.39, 0.29) is 0 Å². The van der Waals surface area contributed by atoms with E-state index in [4.69, 9.17) is 0 Å². The van der Waals surface area contributed by atoms with Gasteiger partial charge in [0.15, 0.2) is 0 Å². The fourth-order valence-corrected chi connectivity index (χ4v) is 4.77. The van der Waals surface area contributed by atoms with Gasteiger partial charge in [-0.2, -0.15) is 11.3 Å². The lowest BCUT2D eigenvalue weighted by Crippen LogP contribution is -2.30. The first kappa shape index (κ1) is 12.8. The van der Waals surface area contributed by atoms with Crippen molar-refractivity contribution in [2.75, 3.05) is 26.2 Å². The van der Waals surface area contributed by atoms with Gasteiger partial charge in [-0.3, -0.25) is 9.69 Å². The Kier molecular flexibility index (Phi) is 3.31. The highest BCUT2D eigenvalue weighted by Gasteiger charge is 2.55. The Morgan fingerprint density at radius 2 is 2.00 bits per heavy atom. The van der Waals surface area contributed by atoms with Crippen molar-refractivity contribution in [3.8, 4) is 0 Å². The van der Waals surface area contributed by atoms with E-state index in [1.54, 1.807) is 11.3 Å². The fourth-order valence-electron chi connectivity index (χ4n) is 4.11. The summed E-state index contributed by atoms with van der Waals surface area (Å²) in [6.45, 7) is 5.52. The van der Waals surface area contributed by atoms with Gasteiger partial charge < -0.3 is 4.90 Å². The molecule has 1 aromatic rings. The zero-order valence-corrected chi connectivity index (χ0v) is 12.6. The van der Waals surface area contributed by atoms with E-state index in [9.17, 15) is 4.79 Å². The molecule has 4 rings (SSSR count). The normalized spacial score (nSPS) is 32.6. The molecule has 0 radical (unpaired) electrons. The second-order valence-corrected chi connectivity index (χ2v) is 7.39. The van der Waals surface area contributed by atoms with Gasteiger partial charge in [0, 0.05) is 39.1 Å². The van der Waals surface area contributed by atoms with Gasteiger partial charge in [-0.25, -0.2) is 0 Å². The molecule has 2 saturated heterocycles. The Hall–Kier alpha value is -0.870. The quantitative estimate of drug-likeness (QED) is 0.850. The fraction of sp³-hybridized carbons (Fsp3) is 0.688. The van der Waals surface area contributed by atoms with Crippen LogP contribution in [-0.4, -0.2) is 41.9 Å². The van der Waals surface area contributed by atoms with Crippen molar-refractivity contribution in [1.29, 1.82) is 0 Å². The molecular weight excluding hydrogens is 268 g/mol. The Balaban J connectivity index is 1.25. The zero-order valence-electron chi connectivity index (χ0n) is 11.8. The molecule has 3 fully saturated rings. The summed E-state index contributed by atoms with van der Waals surface area (Å²) in [5, 5.41) is 4.40. The molecule has 3 heterocycles. The molecule has 4 heteroatoms. The molecule has 1 aromatic heterocycles. The molecule has 1 amide bonds. The summed E-state index contributed by atoms with van der Waals surface area (Å²) >= 11 is 1.78. The number of hydrogen-bond donors (Lipinski definition) is 0. The highest BCUT2D eigenvalue weighted by Crippen LogP contribution is 2.54. The first-order valence-electron chi connectivity index (χ1n) is 7.82. The first-order chi connectivity index (χ1) is 9.81. The minimum atomic E-state index is 0.422. The summed E-state index contributed by atoms with van der Waals surface area (Å²) in [5.41, 5.74) is 1.45. The maximum atomic E-state index is 12.2. The van der Waals surface area contributed by atoms with Crippen LogP contribution in [0.5, 0.6) is 0 Å². The minimum absolute atomic E-state index is 0.422. The van der Waals surface area contributed by atoms with Crippen LogP contribution in [0.15, 0.2) is 16.8 Å². The molecule has 20 heavy (non-hydrogen) atoms. The molecule has 0 N–H and O–H groups in total. The summed E-state index contributed by atoms with van der Waals surface area (Å²) in [4.78, 5) is 16.8. The Morgan fingerprint density at radius 1 is 1.25 bits per heavy atom. The predicted octanol–water partition coefficient (Wildman–Crippen LogP) is 2.44. The maximum absolute atomic E-state index is 12.2. The van der Waals surface area contributed by atoms with E-state index in [1.165, 1.54) is 31.5 Å². The van der Waals surface area contributed by atoms with Crippen LogP contribution in [-0.2, 0) is 11.3 Å². The SMILES string of the molecule is O=C(CC1[C@H]2CN(Cc3ccsc3)C[C@@H]12)N1CCCC1. The van der Waals surface area contributed by atoms with E-state index in [0.717, 1.165) is 37.9 Å². The maximum Gasteiger partial charge on any atom is 0.222 e. The van der Waals surface area contributed by atoms with Gasteiger partial charge in [0.1, 0.15) is 0 Å². The van der Waals surface area contributed by atoms with Gasteiger partial charge in [0.05, 0.1) is 0 Å². The lowest BCUT2D eigenvalue weighted by molar-refractivity contribution is -0.130. The van der Waals surface area contributed by atoms with Gasteiger partial charge in [-0.1, -0.05) is 0 Å². The van der Waals surface area contributed by atoms with Crippen LogP contribution in [0.25, 0.3) is 0 Å². The molecule has 1 unspecified atom stereocenters. The highest BCUT2D eigenvalue weighted by atomic mass is 32.1. The standard InChI is InChI=1S/C16H22N2OS/c19-16(18-4-1-2-5-18)7-13-14-9-17(10-15(13)14)8-12-3-6-20-11-12/h3,6,11,13-15H,1-2,4-5,7-10H2/t13?,14-,15+. The van der Waals surface area contributed by atoms with E-state index >= 15 is 0 Å². The third kappa shape index (κ3) is 2.40. The molecule has 2 aliphatic heterocycles. The number of amides is 1. The van der Waals surface area contributed by atoms with Crippen LogP contribution in [0, 0.1) is 17.8 Å². The van der Waals surface area contributed by atoms with Crippen LogP contribution in [0.2, 0.25) is 0 Å². The summed E-state index contributed by atoms with van der Waals surface area (Å²) < 4.78 is 0. The van der Waals surface area contributed by atoms with Crippen molar-refractivity contribution < 1.29 is 4.79 Å². The average Bonchev–Trinajstić information content (AvgIpc) is 3.03. The van der Waals surface area contributed by atoms with Crippen molar-refractivity contribution in [3.63, 3.8) is 0 Å². The minimum Gasteiger partial charge on any atom is -0.343 e. The molecule has 1 saturated carbocycles. The van der Waals surface area contributed by atoms with Crippen LogP contribution in [0.4, 0.5) is 0 Å². The van der Waals surface area contributed by atoms with Gasteiger partial charge >= 0.3 is 0 Å². The van der Waals surface area contributed by atoms with Gasteiger partial charge in [0.2, 0.25) is 5.91 Å². The molecule has 1 aliphatic carbocycles. The van der Waals surface area contributed by atoms with E-state index in [0.29, 0.717) is 11.8 Å². The van der Waals surface area contributed by atoms with Gasteiger partial charge in [-0.15, -0.1) is 0 Å². The number of hydrogen-bond acceptors (Lipinski definition) is 3. The van der Waals surface area contributed by atoms with Crippen LogP contribution in [0.1, 0.15) is 24.8 Å². The second kappa shape index (κ2) is 5.15. The number of rotatable bonds is 4. The Labute approximate surface area is 124 Å². The predicted molar refractivity (Wildman–Crippen MR) is 80.5 cm³/mol. The third-order valence-corrected chi connectivity index (χ3v) is 6.03. The number of piperidine rings is 1. The molecule has 3 atom stereocenters. The van der Waals surface area contributed by atoms with Crippen molar-refractivity contribution in [3.05, 3.63) is 22.4 Å². The van der Waals surface area contributed by atoms with E-state index in [2.05, 4.69) is 26.6 Å².